The van der Waals surface area contributed by atoms with Crippen LogP contribution in [-0.4, -0.2) is 47.9 Å². The lowest BCUT2D eigenvalue weighted by Crippen LogP contribution is -2.40. The van der Waals surface area contributed by atoms with E-state index in [1.165, 1.54) is 4.90 Å². The number of hydrogen-bond donors (Lipinski definition) is 0. The van der Waals surface area contributed by atoms with E-state index < -0.39 is 0 Å². The largest absolute Gasteiger partial charge is 0.492 e. The highest BCUT2D eigenvalue weighted by atomic mass is 16.5. The molecule has 0 aliphatic carbocycles. The second kappa shape index (κ2) is 9.19. The van der Waals surface area contributed by atoms with E-state index in [1.807, 2.05) is 57.2 Å². The number of amides is 2. The first kappa shape index (κ1) is 22.1. The minimum Gasteiger partial charge on any atom is -0.492 e. The lowest BCUT2D eigenvalue weighted by atomic mass is 9.97. The highest BCUT2D eigenvalue weighted by molar-refractivity contribution is 6.35. The number of piperidine rings is 1. The van der Waals surface area contributed by atoms with Crippen LogP contribution in [0.2, 0.25) is 0 Å². The average Bonchev–Trinajstić information content (AvgIpc) is 2.98. The van der Waals surface area contributed by atoms with E-state index in [1.54, 1.807) is 0 Å². The summed E-state index contributed by atoms with van der Waals surface area (Å²) in [4.78, 5) is 30.4. The zero-order chi connectivity index (χ0) is 22.8. The fraction of sp³-hybridized carbons (Fsp3) is 0.407. The van der Waals surface area contributed by atoms with E-state index in [0.29, 0.717) is 17.2 Å². The molecule has 1 unspecified atom stereocenters. The van der Waals surface area contributed by atoms with Crippen LogP contribution < -0.4 is 4.74 Å². The van der Waals surface area contributed by atoms with Crippen molar-refractivity contribution in [3.05, 3.63) is 70.4 Å². The third-order valence-electron chi connectivity index (χ3n) is 6.24. The van der Waals surface area contributed by atoms with Crippen LogP contribution in [0.1, 0.15) is 42.0 Å². The van der Waals surface area contributed by atoms with Crippen molar-refractivity contribution in [2.24, 2.45) is 5.92 Å². The Morgan fingerprint density at radius 3 is 2.28 bits per heavy atom. The number of carbonyl (C=O) groups is 2. The highest BCUT2D eigenvalue weighted by Crippen LogP contribution is 2.34. The van der Waals surface area contributed by atoms with E-state index in [-0.39, 0.29) is 25.0 Å². The SMILES string of the molecule is Cc1ccc(C2=C(N3CCCC(C)C3)C(=O)N(CCOc3cc(C)cc(C)c3)C2=O)cc1. The van der Waals surface area contributed by atoms with Crippen molar-refractivity contribution in [1.29, 1.82) is 0 Å². The predicted octanol–water partition coefficient (Wildman–Crippen LogP) is 4.50. The molecule has 168 valence electrons. The Balaban J connectivity index is 1.57. The number of hydrogen-bond acceptors (Lipinski definition) is 4. The minimum absolute atomic E-state index is 0.205. The third kappa shape index (κ3) is 4.57. The van der Waals surface area contributed by atoms with Gasteiger partial charge in [-0.3, -0.25) is 14.5 Å². The summed E-state index contributed by atoms with van der Waals surface area (Å²) in [5, 5.41) is 0. The first-order valence-electron chi connectivity index (χ1n) is 11.5. The maximum absolute atomic E-state index is 13.5. The number of ether oxygens (including phenoxy) is 1. The van der Waals surface area contributed by atoms with E-state index in [0.717, 1.165) is 53.9 Å². The summed E-state index contributed by atoms with van der Waals surface area (Å²) in [5.41, 5.74) is 5.25. The van der Waals surface area contributed by atoms with Gasteiger partial charge in [0.1, 0.15) is 18.1 Å². The predicted molar refractivity (Wildman–Crippen MR) is 126 cm³/mol. The smallest absolute Gasteiger partial charge is 0.277 e. The number of carbonyl (C=O) groups excluding carboxylic acids is 2. The van der Waals surface area contributed by atoms with Crippen molar-refractivity contribution < 1.29 is 14.3 Å². The van der Waals surface area contributed by atoms with E-state index in [9.17, 15) is 9.59 Å². The molecular weight excluding hydrogens is 400 g/mol. The molecule has 0 radical (unpaired) electrons. The standard InChI is InChI=1S/C27H32N2O3/c1-18-7-9-22(10-8-18)24-25(28-11-5-6-19(2)17-28)27(31)29(26(24)30)12-13-32-23-15-20(3)14-21(4)16-23/h7-10,14-16,19H,5-6,11-13,17H2,1-4H3. The number of imide groups is 1. The molecule has 2 aliphatic rings. The molecule has 0 aromatic heterocycles. The zero-order valence-electron chi connectivity index (χ0n) is 19.5. The molecule has 5 heteroatoms. The Kier molecular flexibility index (Phi) is 6.35. The fourth-order valence-corrected chi connectivity index (χ4v) is 4.70. The van der Waals surface area contributed by atoms with Crippen LogP contribution in [0.5, 0.6) is 5.75 Å². The molecule has 5 nitrogen and oxygen atoms in total. The molecule has 1 saturated heterocycles. The van der Waals surface area contributed by atoms with Crippen molar-refractivity contribution in [1.82, 2.24) is 9.80 Å². The van der Waals surface area contributed by atoms with Gasteiger partial charge in [-0.25, -0.2) is 0 Å². The highest BCUT2D eigenvalue weighted by Gasteiger charge is 2.42. The summed E-state index contributed by atoms with van der Waals surface area (Å²) < 4.78 is 5.90. The summed E-state index contributed by atoms with van der Waals surface area (Å²) in [6.07, 6.45) is 2.18. The monoisotopic (exact) mass is 432 g/mol. The molecule has 0 N–H and O–H groups in total. The summed E-state index contributed by atoms with van der Waals surface area (Å²) >= 11 is 0. The van der Waals surface area contributed by atoms with Gasteiger partial charge in [0.05, 0.1) is 12.1 Å². The van der Waals surface area contributed by atoms with Gasteiger partial charge in [-0.1, -0.05) is 42.8 Å². The van der Waals surface area contributed by atoms with Gasteiger partial charge in [0.25, 0.3) is 11.8 Å². The fourth-order valence-electron chi connectivity index (χ4n) is 4.70. The molecule has 0 saturated carbocycles. The Bertz CT molecular complexity index is 1030. The first-order chi connectivity index (χ1) is 15.3. The number of benzene rings is 2. The van der Waals surface area contributed by atoms with Crippen molar-refractivity contribution in [3.8, 4) is 5.75 Å². The quantitative estimate of drug-likeness (QED) is 0.631. The van der Waals surface area contributed by atoms with Crippen LogP contribution >= 0.6 is 0 Å². The van der Waals surface area contributed by atoms with Gasteiger partial charge in [0.15, 0.2) is 0 Å². The lowest BCUT2D eigenvalue weighted by molar-refractivity contribution is -0.138. The van der Waals surface area contributed by atoms with Gasteiger partial charge in [-0.05, 0) is 68.4 Å². The number of likely N-dealkylation sites (tertiary alicyclic amines) is 1. The van der Waals surface area contributed by atoms with Gasteiger partial charge < -0.3 is 9.64 Å². The molecule has 2 heterocycles. The normalized spacial score (nSPS) is 19.2. The Hall–Kier alpha value is -3.08. The van der Waals surface area contributed by atoms with Crippen LogP contribution in [0.15, 0.2) is 48.2 Å². The maximum Gasteiger partial charge on any atom is 0.277 e. The molecule has 2 aliphatic heterocycles. The molecule has 1 atom stereocenters. The van der Waals surface area contributed by atoms with Gasteiger partial charge >= 0.3 is 0 Å². The van der Waals surface area contributed by atoms with Crippen LogP contribution in [0.3, 0.4) is 0 Å². The van der Waals surface area contributed by atoms with E-state index in [4.69, 9.17) is 4.74 Å². The van der Waals surface area contributed by atoms with E-state index in [2.05, 4.69) is 17.9 Å². The van der Waals surface area contributed by atoms with Crippen molar-refractivity contribution >= 4 is 17.4 Å². The van der Waals surface area contributed by atoms with Crippen molar-refractivity contribution in [2.45, 2.75) is 40.5 Å². The molecule has 4 rings (SSSR count). The second-order valence-electron chi connectivity index (χ2n) is 9.22. The van der Waals surface area contributed by atoms with Crippen LogP contribution in [0.4, 0.5) is 0 Å². The maximum atomic E-state index is 13.5. The van der Waals surface area contributed by atoms with Gasteiger partial charge in [-0.15, -0.1) is 0 Å². The molecule has 32 heavy (non-hydrogen) atoms. The number of nitrogens with zero attached hydrogens (tertiary/aromatic N) is 2. The second-order valence-corrected chi connectivity index (χ2v) is 9.22. The van der Waals surface area contributed by atoms with Gasteiger partial charge in [0.2, 0.25) is 0 Å². The molecular formula is C27H32N2O3. The Morgan fingerprint density at radius 2 is 1.62 bits per heavy atom. The molecule has 0 bridgehead atoms. The first-order valence-corrected chi connectivity index (χ1v) is 11.5. The van der Waals surface area contributed by atoms with Gasteiger partial charge in [0, 0.05) is 13.1 Å². The van der Waals surface area contributed by atoms with Crippen LogP contribution in [0.25, 0.3) is 5.57 Å². The molecule has 1 fully saturated rings. The number of rotatable bonds is 6. The molecule has 0 spiro atoms. The van der Waals surface area contributed by atoms with E-state index >= 15 is 0 Å². The Morgan fingerprint density at radius 1 is 0.938 bits per heavy atom. The van der Waals surface area contributed by atoms with Crippen LogP contribution in [0, 0.1) is 26.7 Å². The van der Waals surface area contributed by atoms with Crippen molar-refractivity contribution in [2.75, 3.05) is 26.2 Å². The summed E-state index contributed by atoms with van der Waals surface area (Å²) in [5.74, 6) is 0.832. The minimum atomic E-state index is -0.226. The summed E-state index contributed by atoms with van der Waals surface area (Å²) in [7, 11) is 0. The zero-order valence-corrected chi connectivity index (χ0v) is 19.5. The van der Waals surface area contributed by atoms with Crippen LogP contribution in [-0.2, 0) is 9.59 Å². The average molecular weight is 433 g/mol. The van der Waals surface area contributed by atoms with Crippen molar-refractivity contribution in [3.63, 3.8) is 0 Å². The molecule has 2 aromatic rings. The third-order valence-corrected chi connectivity index (χ3v) is 6.24. The Labute approximate surface area is 190 Å². The van der Waals surface area contributed by atoms with Gasteiger partial charge in [-0.2, -0.15) is 0 Å². The summed E-state index contributed by atoms with van der Waals surface area (Å²) in [6, 6.07) is 13.9. The topological polar surface area (TPSA) is 49.9 Å². The summed E-state index contributed by atoms with van der Waals surface area (Å²) in [6.45, 7) is 10.4. The lowest BCUT2D eigenvalue weighted by Gasteiger charge is -2.33. The molecule has 2 amide bonds. The number of aryl methyl sites for hydroxylation is 3. The molecule has 2 aromatic carbocycles.